The molecule has 1 rings (SSSR count). The van der Waals surface area contributed by atoms with Crippen molar-refractivity contribution in [3.8, 4) is 0 Å². The van der Waals surface area contributed by atoms with Crippen molar-refractivity contribution in [3.05, 3.63) is 34.9 Å². The highest BCUT2D eigenvalue weighted by molar-refractivity contribution is 5.34. The van der Waals surface area contributed by atoms with Crippen molar-refractivity contribution < 1.29 is 0 Å². The highest BCUT2D eigenvalue weighted by Crippen LogP contribution is 2.20. The summed E-state index contributed by atoms with van der Waals surface area (Å²) in [6, 6.07) is 6.49. The van der Waals surface area contributed by atoms with E-state index in [-0.39, 0.29) is 5.54 Å². The molecule has 0 heterocycles. The smallest absolute Gasteiger partial charge is 0.0352 e. The molecule has 0 spiro atoms. The topological polar surface area (TPSA) is 26.0 Å². The second-order valence-corrected chi connectivity index (χ2v) is 4.22. The maximum atomic E-state index is 6.03. The molecule has 0 saturated heterocycles. The molecule has 0 bridgehead atoms. The van der Waals surface area contributed by atoms with E-state index in [9.17, 15) is 0 Å². The van der Waals surface area contributed by atoms with Crippen molar-refractivity contribution in [1.29, 1.82) is 0 Å². The minimum absolute atomic E-state index is 0.225. The van der Waals surface area contributed by atoms with Crippen molar-refractivity contribution >= 4 is 0 Å². The fourth-order valence-electron chi connectivity index (χ4n) is 1.45. The third-order valence-electron chi connectivity index (χ3n) is 2.47. The van der Waals surface area contributed by atoms with E-state index in [0.717, 1.165) is 6.42 Å². The van der Waals surface area contributed by atoms with E-state index in [4.69, 9.17) is 5.73 Å². The van der Waals surface area contributed by atoms with Crippen LogP contribution in [0.25, 0.3) is 0 Å². The van der Waals surface area contributed by atoms with Crippen LogP contribution in [0, 0.1) is 6.92 Å². The second kappa shape index (κ2) is 3.51. The Labute approximate surface area is 81.0 Å². The number of nitrogens with two attached hydrogens (primary N) is 1. The minimum atomic E-state index is -0.225. The van der Waals surface area contributed by atoms with E-state index >= 15 is 0 Å². The maximum Gasteiger partial charge on any atom is 0.0352 e. The van der Waals surface area contributed by atoms with Gasteiger partial charge in [0.2, 0.25) is 0 Å². The van der Waals surface area contributed by atoms with Gasteiger partial charge in [-0.05, 0) is 43.9 Å². The molecule has 0 atom stereocenters. The molecule has 1 aromatic rings. The van der Waals surface area contributed by atoms with Gasteiger partial charge in [0.25, 0.3) is 0 Å². The van der Waals surface area contributed by atoms with Crippen LogP contribution >= 0.6 is 0 Å². The Balaban J connectivity index is 3.14. The quantitative estimate of drug-likeness (QED) is 0.738. The summed E-state index contributed by atoms with van der Waals surface area (Å²) in [4.78, 5) is 0. The Kier molecular flexibility index (Phi) is 2.77. The van der Waals surface area contributed by atoms with Crippen LogP contribution in [0.3, 0.4) is 0 Å². The summed E-state index contributed by atoms with van der Waals surface area (Å²) < 4.78 is 0. The van der Waals surface area contributed by atoms with Crippen molar-refractivity contribution in [1.82, 2.24) is 0 Å². The van der Waals surface area contributed by atoms with Crippen LogP contribution in [0.4, 0.5) is 0 Å². The van der Waals surface area contributed by atoms with Crippen molar-refractivity contribution in [3.63, 3.8) is 0 Å². The van der Waals surface area contributed by atoms with Gasteiger partial charge in [0.05, 0.1) is 0 Å². The fraction of sp³-hybridized carbons (Fsp3) is 0.500. The summed E-state index contributed by atoms with van der Waals surface area (Å²) in [5, 5.41) is 0. The van der Waals surface area contributed by atoms with Gasteiger partial charge >= 0.3 is 0 Å². The molecule has 0 aromatic heterocycles. The molecule has 1 aromatic carbocycles. The van der Waals surface area contributed by atoms with Crippen LogP contribution in [0.15, 0.2) is 18.2 Å². The van der Waals surface area contributed by atoms with Gasteiger partial charge in [-0.2, -0.15) is 0 Å². The van der Waals surface area contributed by atoms with Gasteiger partial charge in [0.15, 0.2) is 0 Å². The molecule has 1 heteroatoms. The SMILES string of the molecule is CCc1cc(C(C)(C)N)ccc1C. The zero-order chi connectivity index (χ0) is 10.1. The Morgan fingerprint density at radius 2 is 1.92 bits per heavy atom. The zero-order valence-electron chi connectivity index (χ0n) is 9.02. The summed E-state index contributed by atoms with van der Waals surface area (Å²) in [5.41, 5.74) is 9.78. The van der Waals surface area contributed by atoms with Crippen LogP contribution in [-0.4, -0.2) is 0 Å². The van der Waals surface area contributed by atoms with E-state index < -0.39 is 0 Å². The highest BCUT2D eigenvalue weighted by Gasteiger charge is 2.14. The number of rotatable bonds is 2. The number of hydrogen-bond acceptors (Lipinski definition) is 1. The summed E-state index contributed by atoms with van der Waals surface area (Å²) in [6.45, 7) is 8.40. The molecule has 0 unspecified atom stereocenters. The molecule has 0 aliphatic carbocycles. The Morgan fingerprint density at radius 3 is 2.38 bits per heavy atom. The predicted molar refractivity (Wildman–Crippen MR) is 57.8 cm³/mol. The molecule has 1 nitrogen and oxygen atoms in total. The molecular weight excluding hydrogens is 158 g/mol. The van der Waals surface area contributed by atoms with Crippen molar-refractivity contribution in [2.75, 3.05) is 0 Å². The highest BCUT2D eigenvalue weighted by atomic mass is 14.7. The van der Waals surface area contributed by atoms with Crippen molar-refractivity contribution in [2.45, 2.75) is 39.7 Å². The summed E-state index contributed by atoms with van der Waals surface area (Å²) in [5.74, 6) is 0. The summed E-state index contributed by atoms with van der Waals surface area (Å²) in [6.07, 6.45) is 1.08. The Hall–Kier alpha value is -0.820. The van der Waals surface area contributed by atoms with E-state index in [2.05, 4.69) is 32.0 Å². The monoisotopic (exact) mass is 177 g/mol. The molecule has 13 heavy (non-hydrogen) atoms. The average Bonchev–Trinajstić information content (AvgIpc) is 2.03. The second-order valence-electron chi connectivity index (χ2n) is 4.22. The minimum Gasteiger partial charge on any atom is -0.322 e. The Bertz CT molecular complexity index is 294. The third kappa shape index (κ3) is 2.31. The normalized spacial score (nSPS) is 11.8. The molecule has 0 fully saturated rings. The molecule has 72 valence electrons. The largest absolute Gasteiger partial charge is 0.322 e. The van der Waals surface area contributed by atoms with Crippen LogP contribution in [0.2, 0.25) is 0 Å². The maximum absolute atomic E-state index is 6.03. The lowest BCUT2D eigenvalue weighted by atomic mass is 9.92. The summed E-state index contributed by atoms with van der Waals surface area (Å²) >= 11 is 0. The first kappa shape index (κ1) is 10.3. The number of aryl methyl sites for hydroxylation is 2. The molecule has 0 amide bonds. The van der Waals surface area contributed by atoms with Gasteiger partial charge in [-0.3, -0.25) is 0 Å². The first-order valence-corrected chi connectivity index (χ1v) is 4.84. The third-order valence-corrected chi connectivity index (χ3v) is 2.47. The van der Waals surface area contributed by atoms with Crippen molar-refractivity contribution in [2.24, 2.45) is 5.73 Å². The van der Waals surface area contributed by atoms with E-state index in [1.165, 1.54) is 16.7 Å². The van der Waals surface area contributed by atoms with Gasteiger partial charge in [-0.25, -0.2) is 0 Å². The van der Waals surface area contributed by atoms with Crippen LogP contribution < -0.4 is 5.73 Å². The van der Waals surface area contributed by atoms with E-state index in [1.54, 1.807) is 0 Å². The molecule has 2 N–H and O–H groups in total. The van der Waals surface area contributed by atoms with Gasteiger partial charge in [0.1, 0.15) is 0 Å². The van der Waals surface area contributed by atoms with Gasteiger partial charge < -0.3 is 5.73 Å². The Morgan fingerprint density at radius 1 is 1.31 bits per heavy atom. The van der Waals surface area contributed by atoms with Crippen LogP contribution in [0.5, 0.6) is 0 Å². The number of hydrogen-bond donors (Lipinski definition) is 1. The first-order valence-electron chi connectivity index (χ1n) is 4.84. The van der Waals surface area contributed by atoms with Crippen LogP contribution in [0.1, 0.15) is 37.5 Å². The molecule has 0 aliphatic heterocycles. The van der Waals surface area contributed by atoms with E-state index in [0.29, 0.717) is 0 Å². The summed E-state index contributed by atoms with van der Waals surface area (Å²) in [7, 11) is 0. The van der Waals surface area contributed by atoms with E-state index in [1.807, 2.05) is 13.8 Å². The lowest BCUT2D eigenvalue weighted by Gasteiger charge is -2.20. The first-order chi connectivity index (χ1) is 5.95. The molecule has 0 saturated carbocycles. The van der Waals surface area contributed by atoms with Crippen LogP contribution in [-0.2, 0) is 12.0 Å². The lowest BCUT2D eigenvalue weighted by molar-refractivity contribution is 0.553. The van der Waals surface area contributed by atoms with Gasteiger partial charge in [-0.1, -0.05) is 25.1 Å². The standard InChI is InChI=1S/C12H19N/c1-5-10-8-11(12(3,4)13)7-6-9(10)2/h6-8H,5,13H2,1-4H3. The predicted octanol–water partition coefficient (Wildman–Crippen LogP) is 2.75. The molecular formula is C12H19N. The number of benzene rings is 1. The zero-order valence-corrected chi connectivity index (χ0v) is 9.02. The molecule has 0 radical (unpaired) electrons. The lowest BCUT2D eigenvalue weighted by Crippen LogP contribution is -2.28. The van der Waals surface area contributed by atoms with Gasteiger partial charge in [-0.15, -0.1) is 0 Å². The van der Waals surface area contributed by atoms with Gasteiger partial charge in [0, 0.05) is 5.54 Å². The fourth-order valence-corrected chi connectivity index (χ4v) is 1.45. The molecule has 0 aliphatic rings. The average molecular weight is 177 g/mol.